The van der Waals surface area contributed by atoms with Crippen molar-refractivity contribution in [3.05, 3.63) is 50.9 Å². The van der Waals surface area contributed by atoms with E-state index in [9.17, 15) is 5.26 Å². The van der Waals surface area contributed by atoms with Crippen molar-refractivity contribution >= 4 is 19.8 Å². The molecule has 1 atom stereocenters. The average Bonchev–Trinajstić information content (AvgIpc) is 2.93. The van der Waals surface area contributed by atoms with Gasteiger partial charge in [-0.1, -0.05) is 0 Å². The molecule has 18 heavy (non-hydrogen) atoms. The normalized spacial score (nSPS) is 21.3. The van der Waals surface area contributed by atoms with Crippen LogP contribution in [0.4, 0.5) is 0 Å². The maximum absolute atomic E-state index is 9.17. The number of benzene rings is 1. The summed E-state index contributed by atoms with van der Waals surface area (Å²) in [5.41, 5.74) is 3.24. The monoisotopic (exact) mass is 349 g/mol. The Morgan fingerprint density at radius 2 is 2.22 bits per heavy atom. The molecule has 0 bridgehead atoms. The van der Waals surface area contributed by atoms with Crippen LogP contribution in [0.3, 0.4) is 0 Å². The quantitative estimate of drug-likeness (QED) is 0.617. The number of halogens is 1. The fraction of sp³-hybridized carbons (Fsp3) is 0.286. The van der Waals surface area contributed by atoms with E-state index in [1.54, 1.807) is 0 Å². The van der Waals surface area contributed by atoms with E-state index in [-0.39, 0.29) is 0 Å². The van der Waals surface area contributed by atoms with Gasteiger partial charge in [0.1, 0.15) is 0 Å². The Labute approximate surface area is 113 Å². The molecule has 1 unspecified atom stereocenters. The van der Waals surface area contributed by atoms with Crippen LogP contribution in [0.5, 0.6) is 0 Å². The van der Waals surface area contributed by atoms with Crippen LogP contribution >= 0.6 is 19.8 Å². The van der Waals surface area contributed by atoms with E-state index in [1.807, 2.05) is 6.07 Å². The van der Waals surface area contributed by atoms with Crippen LogP contribution in [0, 0.1) is 15.0 Å². The SMILES string of the molecule is N#Cc1nn(Cc2ccccc2)c2c1CC1CI21. The number of rotatable bonds is 2. The summed E-state index contributed by atoms with van der Waals surface area (Å²) in [5, 5.41) is 13.7. The van der Waals surface area contributed by atoms with E-state index in [0.717, 1.165) is 16.9 Å². The van der Waals surface area contributed by atoms with Gasteiger partial charge in [-0.3, -0.25) is 0 Å². The topological polar surface area (TPSA) is 41.6 Å². The predicted octanol–water partition coefficient (Wildman–Crippen LogP) is 2.42. The number of aromatic nitrogens is 2. The Balaban J connectivity index is 1.76. The molecule has 0 N–H and O–H groups in total. The van der Waals surface area contributed by atoms with Gasteiger partial charge in [0, 0.05) is 0 Å². The summed E-state index contributed by atoms with van der Waals surface area (Å²) < 4.78 is 6.02. The summed E-state index contributed by atoms with van der Waals surface area (Å²) in [5.74, 6) is 0. The standard InChI is InChI=1S/C14H12IN3/c16-8-13-12-6-11-7-15(11)14(12)18(17-13)9-10-4-2-1-3-5-10/h1-5,11H,6-7,9H2. The summed E-state index contributed by atoms with van der Waals surface area (Å²) >= 11 is -0.882. The Kier molecular flexibility index (Phi) is 2.24. The number of alkyl halides is 2. The molecule has 1 aromatic carbocycles. The van der Waals surface area contributed by atoms with Crippen LogP contribution in [0.15, 0.2) is 30.3 Å². The van der Waals surface area contributed by atoms with Gasteiger partial charge < -0.3 is 0 Å². The molecule has 3 heterocycles. The van der Waals surface area contributed by atoms with E-state index in [0.29, 0.717) is 5.69 Å². The molecule has 4 heteroatoms. The van der Waals surface area contributed by atoms with Crippen LogP contribution in [0.25, 0.3) is 0 Å². The Hall–Kier alpha value is -1.35. The molecule has 0 radical (unpaired) electrons. The second kappa shape index (κ2) is 3.82. The fourth-order valence-corrected chi connectivity index (χ4v) is 9.41. The number of fused-ring (bicyclic) bond motifs is 3. The molecule has 0 amide bonds. The van der Waals surface area contributed by atoms with Gasteiger partial charge in [-0.25, -0.2) is 0 Å². The van der Waals surface area contributed by atoms with Gasteiger partial charge in [-0.15, -0.1) is 0 Å². The van der Waals surface area contributed by atoms with Gasteiger partial charge in [0.2, 0.25) is 0 Å². The maximum atomic E-state index is 9.17. The molecule has 3 nitrogen and oxygen atoms in total. The van der Waals surface area contributed by atoms with Crippen molar-refractivity contribution < 1.29 is 0 Å². The summed E-state index contributed by atoms with van der Waals surface area (Å²) in [6.45, 7) is 0.825. The molecule has 4 rings (SSSR count). The van der Waals surface area contributed by atoms with Crippen molar-refractivity contribution in [1.82, 2.24) is 9.78 Å². The molecule has 0 spiro atoms. The average molecular weight is 349 g/mol. The third-order valence-corrected chi connectivity index (χ3v) is 9.93. The molecule has 1 fully saturated rings. The molecule has 0 saturated carbocycles. The molecule has 2 aromatic rings. The van der Waals surface area contributed by atoms with Crippen LogP contribution in [-0.4, -0.2) is 18.1 Å². The number of nitrogens with zero attached hydrogens (tertiary/aromatic N) is 3. The Morgan fingerprint density at radius 3 is 3.00 bits per heavy atom. The van der Waals surface area contributed by atoms with Crippen LogP contribution in [-0.2, 0) is 13.0 Å². The molecule has 2 aliphatic heterocycles. The molecule has 1 aromatic heterocycles. The van der Waals surface area contributed by atoms with E-state index in [1.165, 1.54) is 19.3 Å². The minimum atomic E-state index is -0.882. The second-order valence-electron chi connectivity index (χ2n) is 4.73. The van der Waals surface area contributed by atoms with Crippen molar-refractivity contribution in [3.8, 4) is 6.07 Å². The molecule has 0 aliphatic carbocycles. The zero-order valence-corrected chi connectivity index (χ0v) is 12.0. The third-order valence-electron chi connectivity index (χ3n) is 3.52. The first kappa shape index (κ1) is 10.6. The minimum absolute atomic E-state index is 0.686. The van der Waals surface area contributed by atoms with E-state index < -0.39 is 19.8 Å². The van der Waals surface area contributed by atoms with Gasteiger partial charge in [-0.05, 0) is 0 Å². The van der Waals surface area contributed by atoms with Gasteiger partial charge in [0.25, 0.3) is 0 Å². The third kappa shape index (κ3) is 1.50. The van der Waals surface area contributed by atoms with Crippen molar-refractivity contribution in [2.75, 3.05) is 4.43 Å². The van der Waals surface area contributed by atoms with E-state index >= 15 is 0 Å². The first-order valence-corrected chi connectivity index (χ1v) is 9.90. The van der Waals surface area contributed by atoms with Crippen LogP contribution < -0.4 is 0 Å². The zero-order valence-electron chi connectivity index (χ0n) is 9.81. The zero-order chi connectivity index (χ0) is 12.1. The van der Waals surface area contributed by atoms with Gasteiger partial charge in [0.15, 0.2) is 0 Å². The summed E-state index contributed by atoms with van der Waals surface area (Å²) in [7, 11) is 0. The van der Waals surface area contributed by atoms with Gasteiger partial charge in [-0.2, -0.15) is 0 Å². The number of hydrogen-bond donors (Lipinski definition) is 0. The summed E-state index contributed by atoms with van der Waals surface area (Å²) in [4.78, 5) is 0. The molecule has 90 valence electrons. The van der Waals surface area contributed by atoms with Crippen LogP contribution in [0.2, 0.25) is 0 Å². The van der Waals surface area contributed by atoms with E-state index in [2.05, 4.69) is 40.1 Å². The predicted molar refractivity (Wildman–Crippen MR) is 77.6 cm³/mol. The van der Waals surface area contributed by atoms with Crippen molar-refractivity contribution in [1.29, 1.82) is 5.26 Å². The first-order chi connectivity index (χ1) is 8.86. The number of hydrogen-bond acceptors (Lipinski definition) is 2. The van der Waals surface area contributed by atoms with Gasteiger partial charge in [0.05, 0.1) is 0 Å². The Morgan fingerprint density at radius 1 is 1.39 bits per heavy atom. The first-order valence-electron chi connectivity index (χ1n) is 6.05. The fourth-order valence-electron chi connectivity index (χ4n) is 2.62. The summed E-state index contributed by atoms with van der Waals surface area (Å²) in [6.07, 6.45) is 1.14. The summed E-state index contributed by atoms with van der Waals surface area (Å²) in [6, 6.07) is 12.7. The molecule has 1 saturated heterocycles. The number of nitriles is 1. The molecular formula is C14H12IN3. The van der Waals surface area contributed by atoms with E-state index in [4.69, 9.17) is 0 Å². The van der Waals surface area contributed by atoms with Gasteiger partial charge >= 0.3 is 113 Å². The van der Waals surface area contributed by atoms with Crippen molar-refractivity contribution in [2.24, 2.45) is 0 Å². The molecule has 2 aliphatic rings. The Bertz CT molecular complexity index is 654. The molecular weight excluding hydrogens is 337 g/mol. The van der Waals surface area contributed by atoms with Crippen molar-refractivity contribution in [2.45, 2.75) is 16.9 Å². The van der Waals surface area contributed by atoms with Crippen LogP contribution in [0.1, 0.15) is 16.8 Å². The second-order valence-corrected chi connectivity index (χ2v) is 10.7. The van der Waals surface area contributed by atoms with Crippen molar-refractivity contribution in [3.63, 3.8) is 0 Å².